The SMILES string of the molecule is C1COCCOCC[C@]23O[C@@]4(CCOCCOCCO1)[C@@H]1[C@@H]5C[C@@H]([C@@H]6[C@H]5[C@H]4[C@@H]62)[C@@H]13. The van der Waals surface area contributed by atoms with Gasteiger partial charge in [0.2, 0.25) is 0 Å². The van der Waals surface area contributed by atoms with E-state index in [0.29, 0.717) is 52.9 Å². The summed E-state index contributed by atoms with van der Waals surface area (Å²) in [7, 11) is 0. The normalized spacial score (nSPS) is 58.8. The first-order valence-corrected chi connectivity index (χ1v) is 12.0. The Morgan fingerprint density at radius 2 is 0.828 bits per heavy atom. The lowest BCUT2D eigenvalue weighted by atomic mass is 9.54. The van der Waals surface area contributed by atoms with Crippen LogP contribution in [0.1, 0.15) is 19.3 Å². The Balaban J connectivity index is 1.07. The largest absolute Gasteiger partial charge is 0.379 e. The van der Waals surface area contributed by atoms with E-state index in [2.05, 4.69) is 0 Å². The molecular weight excluding hydrogens is 372 g/mol. The van der Waals surface area contributed by atoms with Crippen LogP contribution in [-0.2, 0) is 28.4 Å². The molecule has 6 heteroatoms. The Bertz CT molecular complexity index is 601. The van der Waals surface area contributed by atoms with Crippen LogP contribution >= 0.6 is 0 Å². The van der Waals surface area contributed by atoms with Gasteiger partial charge < -0.3 is 28.4 Å². The third-order valence-corrected chi connectivity index (χ3v) is 9.90. The highest BCUT2D eigenvalue weighted by Crippen LogP contribution is 2.93. The molecule has 8 fully saturated rings. The summed E-state index contributed by atoms with van der Waals surface area (Å²) in [4.78, 5) is 0. The van der Waals surface area contributed by atoms with Crippen molar-refractivity contribution in [3.8, 4) is 0 Å². The zero-order valence-corrected chi connectivity index (χ0v) is 17.3. The fourth-order valence-corrected chi connectivity index (χ4v) is 9.73. The molecule has 3 saturated heterocycles. The molecule has 162 valence electrons. The molecule has 0 N–H and O–H groups in total. The van der Waals surface area contributed by atoms with Gasteiger partial charge >= 0.3 is 0 Å². The molecule has 0 amide bonds. The van der Waals surface area contributed by atoms with Crippen LogP contribution < -0.4 is 0 Å². The molecule has 0 aromatic carbocycles. The highest BCUT2D eigenvalue weighted by molar-refractivity contribution is 5.43. The van der Waals surface area contributed by atoms with E-state index < -0.39 is 0 Å². The molecule has 0 unspecified atom stereocenters. The first-order valence-electron chi connectivity index (χ1n) is 12.0. The van der Waals surface area contributed by atoms with Gasteiger partial charge in [-0.15, -0.1) is 0 Å². The van der Waals surface area contributed by atoms with Crippen LogP contribution in [0.25, 0.3) is 0 Å². The maximum Gasteiger partial charge on any atom is 0.0781 e. The lowest BCUT2D eigenvalue weighted by molar-refractivity contribution is -0.0992. The van der Waals surface area contributed by atoms with Crippen LogP contribution in [0, 0.1) is 47.3 Å². The summed E-state index contributed by atoms with van der Waals surface area (Å²) in [5.41, 5.74) is 0.260. The summed E-state index contributed by atoms with van der Waals surface area (Å²) in [6.45, 7) is 6.67. The third kappa shape index (κ3) is 2.19. The van der Waals surface area contributed by atoms with E-state index in [1.165, 1.54) is 6.42 Å². The zero-order chi connectivity index (χ0) is 19.1. The second-order valence-electron chi connectivity index (χ2n) is 10.4. The third-order valence-electron chi connectivity index (χ3n) is 9.90. The van der Waals surface area contributed by atoms with E-state index in [0.717, 1.165) is 73.4 Å². The van der Waals surface area contributed by atoms with Gasteiger partial charge in [-0.2, -0.15) is 0 Å². The van der Waals surface area contributed by atoms with Gasteiger partial charge in [0.05, 0.1) is 64.1 Å². The Morgan fingerprint density at radius 1 is 0.448 bits per heavy atom. The van der Waals surface area contributed by atoms with Gasteiger partial charge in [-0.25, -0.2) is 0 Å². The van der Waals surface area contributed by atoms with Crippen molar-refractivity contribution in [1.29, 1.82) is 0 Å². The van der Waals surface area contributed by atoms with Crippen LogP contribution in [0.2, 0.25) is 0 Å². The second-order valence-corrected chi connectivity index (χ2v) is 10.4. The van der Waals surface area contributed by atoms with Crippen molar-refractivity contribution in [1.82, 2.24) is 0 Å². The lowest BCUT2D eigenvalue weighted by Crippen LogP contribution is -2.52. The van der Waals surface area contributed by atoms with Gasteiger partial charge in [0.1, 0.15) is 0 Å². The Morgan fingerprint density at radius 3 is 1.24 bits per heavy atom. The highest BCUT2D eigenvalue weighted by atomic mass is 16.6. The van der Waals surface area contributed by atoms with Crippen molar-refractivity contribution in [2.45, 2.75) is 30.5 Å². The average Bonchev–Trinajstić information content (AvgIpc) is 3.36. The van der Waals surface area contributed by atoms with Crippen molar-refractivity contribution in [3.05, 3.63) is 0 Å². The predicted molar refractivity (Wildman–Crippen MR) is 102 cm³/mol. The quantitative estimate of drug-likeness (QED) is 0.611. The van der Waals surface area contributed by atoms with Crippen molar-refractivity contribution in [3.63, 3.8) is 0 Å². The van der Waals surface area contributed by atoms with Crippen molar-refractivity contribution >= 4 is 0 Å². The second kappa shape index (κ2) is 6.63. The zero-order valence-electron chi connectivity index (χ0n) is 17.3. The van der Waals surface area contributed by atoms with Gasteiger partial charge in [0, 0.05) is 26.1 Å². The minimum Gasteiger partial charge on any atom is -0.379 e. The standard InChI is InChI=1S/C23H34O6/c1-3-24-5-7-26-9-11-28-12-10-27-8-6-25-4-2-23-19-15-13-14-16-17(15)21(23)20(16)22(1,29-23)18(14)19/h14-21H,1-13H2/t14-,15+,16+,17-,18-,19+,20+,21-,22+,23-. The Labute approximate surface area is 172 Å². The van der Waals surface area contributed by atoms with E-state index >= 15 is 0 Å². The molecule has 2 spiro atoms. The van der Waals surface area contributed by atoms with Gasteiger partial charge in [0.15, 0.2) is 0 Å². The molecule has 3 aliphatic heterocycles. The lowest BCUT2D eigenvalue weighted by Gasteiger charge is -2.48. The minimum absolute atomic E-state index is 0.130. The molecule has 0 radical (unpaired) electrons. The molecule has 0 aromatic heterocycles. The van der Waals surface area contributed by atoms with Gasteiger partial charge in [-0.05, 0) is 53.8 Å². The van der Waals surface area contributed by atoms with Crippen molar-refractivity contribution < 1.29 is 28.4 Å². The summed E-state index contributed by atoms with van der Waals surface area (Å²) < 4.78 is 35.9. The van der Waals surface area contributed by atoms with Crippen LogP contribution in [-0.4, -0.2) is 77.3 Å². The highest BCUT2D eigenvalue weighted by Gasteiger charge is 2.96. The molecule has 6 nitrogen and oxygen atoms in total. The van der Waals surface area contributed by atoms with Crippen LogP contribution in [0.3, 0.4) is 0 Å². The number of ether oxygens (including phenoxy) is 6. The van der Waals surface area contributed by atoms with E-state index in [1.54, 1.807) is 0 Å². The van der Waals surface area contributed by atoms with Crippen LogP contribution in [0.15, 0.2) is 0 Å². The smallest absolute Gasteiger partial charge is 0.0781 e. The Hall–Kier alpha value is -0.240. The first-order chi connectivity index (χ1) is 14.4. The molecule has 29 heavy (non-hydrogen) atoms. The van der Waals surface area contributed by atoms with Crippen molar-refractivity contribution in [2.24, 2.45) is 47.3 Å². The van der Waals surface area contributed by atoms with E-state index in [9.17, 15) is 0 Å². The van der Waals surface area contributed by atoms with Crippen molar-refractivity contribution in [2.75, 3.05) is 66.1 Å². The van der Waals surface area contributed by atoms with Crippen LogP contribution in [0.4, 0.5) is 0 Å². The fourth-order valence-electron chi connectivity index (χ4n) is 9.73. The minimum atomic E-state index is 0.130. The van der Waals surface area contributed by atoms with E-state index in [4.69, 9.17) is 28.4 Å². The molecule has 3 heterocycles. The molecule has 5 saturated carbocycles. The van der Waals surface area contributed by atoms with E-state index in [1.807, 2.05) is 0 Å². The molecule has 5 aliphatic carbocycles. The molecular formula is C23H34O6. The average molecular weight is 407 g/mol. The summed E-state index contributed by atoms with van der Waals surface area (Å²) in [6.07, 6.45) is 3.67. The maximum atomic E-state index is 7.19. The van der Waals surface area contributed by atoms with Crippen LogP contribution in [0.5, 0.6) is 0 Å². The monoisotopic (exact) mass is 406 g/mol. The fraction of sp³-hybridized carbons (Fsp3) is 1.00. The maximum absolute atomic E-state index is 7.19. The van der Waals surface area contributed by atoms with E-state index in [-0.39, 0.29) is 11.2 Å². The predicted octanol–water partition coefficient (Wildman–Crippen LogP) is 1.76. The molecule has 8 rings (SSSR count). The Kier molecular flexibility index (Phi) is 4.19. The summed E-state index contributed by atoms with van der Waals surface area (Å²) in [6, 6.07) is 0. The summed E-state index contributed by atoms with van der Waals surface area (Å²) >= 11 is 0. The molecule has 0 aromatic rings. The summed E-state index contributed by atoms with van der Waals surface area (Å²) in [5.74, 6) is 7.14. The van der Waals surface area contributed by atoms with Gasteiger partial charge in [-0.1, -0.05) is 0 Å². The molecule has 4 bridgehead atoms. The molecule has 8 aliphatic rings. The van der Waals surface area contributed by atoms with Gasteiger partial charge in [-0.3, -0.25) is 0 Å². The number of hydrogen-bond donors (Lipinski definition) is 0. The summed E-state index contributed by atoms with van der Waals surface area (Å²) in [5, 5.41) is 0. The number of hydrogen-bond acceptors (Lipinski definition) is 6. The molecule has 10 atom stereocenters. The van der Waals surface area contributed by atoms with Gasteiger partial charge in [0.25, 0.3) is 0 Å². The first kappa shape index (κ1) is 18.3. The number of rotatable bonds is 0. The topological polar surface area (TPSA) is 55.4 Å².